The standard InChI is InChI=1S/C16H30BrN5.HI/c1-7-13(2)20(4)9-8-19-16(18-3)22(6)12-15-10-14(17)11-21(15)5;/h10-11,13H,7-9,12H2,1-6H3,(H,18,19);1H. The van der Waals surface area contributed by atoms with Crippen LogP contribution in [0.1, 0.15) is 26.0 Å². The van der Waals surface area contributed by atoms with Gasteiger partial charge in [-0.2, -0.15) is 0 Å². The Labute approximate surface area is 166 Å². The van der Waals surface area contributed by atoms with Crippen LogP contribution in [0.2, 0.25) is 0 Å². The smallest absolute Gasteiger partial charge is 0.193 e. The summed E-state index contributed by atoms with van der Waals surface area (Å²) in [5.74, 6) is 0.926. The van der Waals surface area contributed by atoms with Crippen LogP contribution in [0.5, 0.6) is 0 Å². The van der Waals surface area contributed by atoms with E-state index in [9.17, 15) is 0 Å². The first-order valence-corrected chi connectivity index (χ1v) is 8.61. The third-order valence-electron chi connectivity index (χ3n) is 4.14. The predicted octanol–water partition coefficient (Wildman–Crippen LogP) is 3.14. The molecular weight excluding hydrogens is 469 g/mol. The van der Waals surface area contributed by atoms with Crippen LogP contribution in [0.15, 0.2) is 21.7 Å². The number of hydrogen-bond acceptors (Lipinski definition) is 2. The van der Waals surface area contributed by atoms with E-state index >= 15 is 0 Å². The number of hydrogen-bond donors (Lipinski definition) is 1. The van der Waals surface area contributed by atoms with Crippen molar-refractivity contribution >= 4 is 45.9 Å². The van der Waals surface area contributed by atoms with Crippen molar-refractivity contribution in [2.24, 2.45) is 12.0 Å². The fraction of sp³-hybridized carbons (Fsp3) is 0.688. The fourth-order valence-corrected chi connectivity index (χ4v) is 2.87. The molecule has 0 bridgehead atoms. The van der Waals surface area contributed by atoms with E-state index in [4.69, 9.17) is 0 Å². The first-order valence-electron chi connectivity index (χ1n) is 7.81. The molecule has 0 radical (unpaired) electrons. The quantitative estimate of drug-likeness (QED) is 0.355. The van der Waals surface area contributed by atoms with Gasteiger partial charge in [-0.3, -0.25) is 4.99 Å². The summed E-state index contributed by atoms with van der Waals surface area (Å²) < 4.78 is 3.24. The monoisotopic (exact) mass is 499 g/mol. The average Bonchev–Trinajstić information content (AvgIpc) is 2.80. The molecule has 23 heavy (non-hydrogen) atoms. The molecule has 0 fully saturated rings. The Morgan fingerprint density at radius 1 is 1.43 bits per heavy atom. The van der Waals surface area contributed by atoms with Crippen LogP contribution >= 0.6 is 39.9 Å². The van der Waals surface area contributed by atoms with Gasteiger partial charge in [0.2, 0.25) is 0 Å². The molecule has 7 heteroatoms. The minimum Gasteiger partial charge on any atom is -0.355 e. The lowest BCUT2D eigenvalue weighted by atomic mass is 10.2. The van der Waals surface area contributed by atoms with Crippen LogP contribution in [0.25, 0.3) is 0 Å². The number of aryl methyl sites for hydroxylation is 1. The average molecular weight is 500 g/mol. The summed E-state index contributed by atoms with van der Waals surface area (Å²) in [5.41, 5.74) is 1.24. The van der Waals surface area contributed by atoms with Crippen LogP contribution in [0.4, 0.5) is 0 Å². The first-order chi connectivity index (χ1) is 10.4. The van der Waals surface area contributed by atoms with Crippen LogP contribution < -0.4 is 5.32 Å². The molecule has 1 atom stereocenters. The maximum Gasteiger partial charge on any atom is 0.193 e. The molecule has 0 amide bonds. The molecule has 1 rings (SSSR count). The van der Waals surface area contributed by atoms with Crippen molar-refractivity contribution in [2.45, 2.75) is 32.9 Å². The number of likely N-dealkylation sites (N-methyl/N-ethyl adjacent to an activating group) is 1. The van der Waals surface area contributed by atoms with Gasteiger partial charge in [0, 0.05) is 56.6 Å². The zero-order valence-corrected chi connectivity index (χ0v) is 19.1. The zero-order chi connectivity index (χ0) is 16.7. The molecule has 0 aliphatic carbocycles. The van der Waals surface area contributed by atoms with Crippen molar-refractivity contribution in [2.75, 3.05) is 34.2 Å². The highest BCUT2D eigenvalue weighted by Gasteiger charge is 2.10. The summed E-state index contributed by atoms with van der Waals surface area (Å²) in [6.45, 7) is 7.21. The highest BCUT2D eigenvalue weighted by atomic mass is 127. The fourth-order valence-electron chi connectivity index (χ4n) is 2.30. The highest BCUT2D eigenvalue weighted by Crippen LogP contribution is 2.14. The normalized spacial score (nSPS) is 13.0. The number of aromatic nitrogens is 1. The van der Waals surface area contributed by atoms with Crippen molar-refractivity contribution in [3.05, 3.63) is 22.4 Å². The van der Waals surface area contributed by atoms with Gasteiger partial charge in [0.15, 0.2) is 5.96 Å². The van der Waals surface area contributed by atoms with E-state index in [1.807, 2.05) is 7.05 Å². The molecule has 0 saturated heterocycles. The Morgan fingerprint density at radius 2 is 2.09 bits per heavy atom. The maximum absolute atomic E-state index is 4.37. The van der Waals surface area contributed by atoms with Crippen LogP contribution in [-0.2, 0) is 13.6 Å². The maximum atomic E-state index is 4.37. The lowest BCUT2D eigenvalue weighted by Gasteiger charge is -2.26. The van der Waals surface area contributed by atoms with Crippen LogP contribution in [0, 0.1) is 0 Å². The SMILES string of the molecule is CCC(C)N(C)CCNC(=NC)N(C)Cc1cc(Br)cn1C.I. The van der Waals surface area contributed by atoms with Gasteiger partial charge in [-0.25, -0.2) is 0 Å². The van der Waals surface area contributed by atoms with Gasteiger partial charge in [0.1, 0.15) is 0 Å². The van der Waals surface area contributed by atoms with Crippen molar-refractivity contribution in [3.8, 4) is 0 Å². The Bertz CT molecular complexity index is 489. The minimum atomic E-state index is 0. The van der Waals surface area contributed by atoms with Gasteiger partial charge in [0.25, 0.3) is 0 Å². The number of nitrogens with one attached hydrogen (secondary N) is 1. The molecule has 0 saturated carbocycles. The summed E-state index contributed by atoms with van der Waals surface area (Å²) in [6, 6.07) is 2.75. The summed E-state index contributed by atoms with van der Waals surface area (Å²) in [5, 5.41) is 3.44. The van der Waals surface area contributed by atoms with Crippen LogP contribution in [0.3, 0.4) is 0 Å². The molecule has 1 aromatic heterocycles. The second-order valence-corrected chi connectivity index (χ2v) is 6.74. The third kappa shape index (κ3) is 7.43. The van der Waals surface area contributed by atoms with Gasteiger partial charge in [-0.05, 0) is 42.4 Å². The first kappa shape index (κ1) is 22.7. The molecule has 1 unspecified atom stereocenters. The number of nitrogens with zero attached hydrogens (tertiary/aromatic N) is 4. The second-order valence-electron chi connectivity index (χ2n) is 5.83. The number of halogens is 2. The van der Waals surface area contributed by atoms with Crippen molar-refractivity contribution in [1.82, 2.24) is 19.7 Å². The van der Waals surface area contributed by atoms with Gasteiger partial charge < -0.3 is 19.7 Å². The lowest BCUT2D eigenvalue weighted by molar-refractivity contribution is 0.255. The largest absolute Gasteiger partial charge is 0.355 e. The molecule has 5 nitrogen and oxygen atoms in total. The highest BCUT2D eigenvalue weighted by molar-refractivity contribution is 14.0. The van der Waals surface area contributed by atoms with E-state index in [0.29, 0.717) is 6.04 Å². The summed E-state index contributed by atoms with van der Waals surface area (Å²) in [6.07, 6.45) is 3.24. The van der Waals surface area contributed by atoms with Crippen molar-refractivity contribution in [1.29, 1.82) is 0 Å². The number of rotatable bonds is 7. The molecular formula is C16H31BrIN5. The van der Waals surface area contributed by atoms with E-state index in [2.05, 4.69) is 87.9 Å². The molecule has 0 aliphatic heterocycles. The van der Waals surface area contributed by atoms with E-state index in [-0.39, 0.29) is 24.0 Å². The molecule has 0 aromatic carbocycles. The molecule has 1 aromatic rings. The van der Waals surface area contributed by atoms with E-state index in [1.54, 1.807) is 0 Å². The van der Waals surface area contributed by atoms with Gasteiger partial charge >= 0.3 is 0 Å². The Hall–Kier alpha value is -0.280. The molecule has 0 aliphatic rings. The number of guanidine groups is 1. The minimum absolute atomic E-state index is 0. The Morgan fingerprint density at radius 3 is 2.57 bits per heavy atom. The van der Waals surface area contributed by atoms with Crippen molar-refractivity contribution in [3.63, 3.8) is 0 Å². The predicted molar refractivity (Wildman–Crippen MR) is 114 cm³/mol. The summed E-state index contributed by atoms with van der Waals surface area (Å²) in [7, 11) is 8.13. The molecule has 1 N–H and O–H groups in total. The zero-order valence-electron chi connectivity index (χ0n) is 15.1. The van der Waals surface area contributed by atoms with Crippen molar-refractivity contribution < 1.29 is 0 Å². The Balaban J connectivity index is 0.00000484. The second kappa shape index (κ2) is 11.3. The molecule has 1 heterocycles. The van der Waals surface area contributed by atoms with E-state index in [0.717, 1.165) is 30.1 Å². The number of aliphatic imine (C=N–C) groups is 1. The van der Waals surface area contributed by atoms with Gasteiger partial charge in [-0.15, -0.1) is 24.0 Å². The topological polar surface area (TPSA) is 35.8 Å². The lowest BCUT2D eigenvalue weighted by Crippen LogP contribution is -2.43. The van der Waals surface area contributed by atoms with E-state index < -0.39 is 0 Å². The van der Waals surface area contributed by atoms with Gasteiger partial charge in [0.05, 0.1) is 6.54 Å². The third-order valence-corrected chi connectivity index (χ3v) is 4.57. The van der Waals surface area contributed by atoms with Gasteiger partial charge in [-0.1, -0.05) is 6.92 Å². The molecule has 0 spiro atoms. The summed E-state index contributed by atoms with van der Waals surface area (Å²) in [4.78, 5) is 8.89. The molecule has 134 valence electrons. The van der Waals surface area contributed by atoms with E-state index in [1.165, 1.54) is 12.1 Å². The Kier molecular flexibility index (Phi) is 11.2. The summed E-state index contributed by atoms with van der Waals surface area (Å²) >= 11 is 3.51. The van der Waals surface area contributed by atoms with Crippen LogP contribution in [-0.4, -0.2) is 60.6 Å².